The molecule has 1 amide bonds. The molecule has 1 atom stereocenters. The molecule has 2 aromatic rings. The highest BCUT2D eigenvalue weighted by molar-refractivity contribution is 6.31. The largest absolute Gasteiger partial charge is 0.497 e. The van der Waals surface area contributed by atoms with Gasteiger partial charge in [0.1, 0.15) is 17.5 Å². The first-order chi connectivity index (χ1) is 14.0. The van der Waals surface area contributed by atoms with Crippen molar-refractivity contribution in [1.29, 1.82) is 5.26 Å². The van der Waals surface area contributed by atoms with E-state index in [0.717, 1.165) is 16.9 Å². The number of carbonyl (C=O) groups is 1. The Morgan fingerprint density at radius 2 is 1.79 bits per heavy atom. The zero-order valence-electron chi connectivity index (χ0n) is 16.6. The summed E-state index contributed by atoms with van der Waals surface area (Å²) in [5.41, 5.74) is 1.83. The topological polar surface area (TPSA) is 65.8 Å². The molecule has 0 radical (unpaired) electrons. The Labute approximate surface area is 176 Å². The van der Waals surface area contributed by atoms with Crippen molar-refractivity contribution in [1.82, 2.24) is 9.80 Å². The molecular weight excluding hydrogens is 390 g/mol. The third-order valence-corrected chi connectivity index (χ3v) is 5.50. The number of nitrogens with zero attached hydrogens (tertiary/aromatic N) is 3. The Bertz CT molecular complexity index is 887. The first-order valence-electron chi connectivity index (χ1n) is 9.46. The summed E-state index contributed by atoms with van der Waals surface area (Å²) in [6.07, 6.45) is 0. The number of piperazine rings is 1. The number of halogens is 1. The summed E-state index contributed by atoms with van der Waals surface area (Å²) in [6, 6.07) is 14.9. The SMILES string of the molecule is COc1ccc(C(C#N)N2CCN(C(=O)COc3ccc(Cl)c(C)c3)CC2)cc1. The van der Waals surface area contributed by atoms with Crippen LogP contribution in [0.15, 0.2) is 42.5 Å². The fraction of sp³-hybridized carbons (Fsp3) is 0.364. The fourth-order valence-corrected chi connectivity index (χ4v) is 3.44. The molecule has 0 N–H and O–H groups in total. The number of aryl methyl sites for hydroxylation is 1. The second-order valence-corrected chi connectivity index (χ2v) is 7.33. The maximum atomic E-state index is 12.5. The number of methoxy groups -OCH3 is 1. The molecule has 7 heteroatoms. The van der Waals surface area contributed by atoms with Crippen LogP contribution in [0.4, 0.5) is 0 Å². The van der Waals surface area contributed by atoms with E-state index in [0.29, 0.717) is 37.0 Å². The van der Waals surface area contributed by atoms with Gasteiger partial charge in [-0.05, 0) is 48.4 Å². The van der Waals surface area contributed by atoms with E-state index < -0.39 is 0 Å². The molecule has 1 aliphatic rings. The smallest absolute Gasteiger partial charge is 0.260 e. The molecule has 0 aliphatic carbocycles. The van der Waals surface area contributed by atoms with Gasteiger partial charge >= 0.3 is 0 Å². The average molecular weight is 414 g/mol. The number of rotatable bonds is 6. The second kappa shape index (κ2) is 9.64. The van der Waals surface area contributed by atoms with E-state index in [2.05, 4.69) is 11.0 Å². The average Bonchev–Trinajstić information content (AvgIpc) is 2.76. The molecular formula is C22H24ClN3O3. The maximum absolute atomic E-state index is 12.5. The zero-order valence-corrected chi connectivity index (χ0v) is 17.4. The number of amides is 1. The Morgan fingerprint density at radius 1 is 1.14 bits per heavy atom. The van der Waals surface area contributed by atoms with E-state index >= 15 is 0 Å². The molecule has 0 aromatic heterocycles. The number of ether oxygens (including phenoxy) is 2. The van der Waals surface area contributed by atoms with Gasteiger partial charge in [0.25, 0.3) is 5.91 Å². The van der Waals surface area contributed by atoms with Crippen molar-refractivity contribution in [2.24, 2.45) is 0 Å². The second-order valence-electron chi connectivity index (χ2n) is 6.92. The van der Waals surface area contributed by atoms with Crippen LogP contribution in [-0.2, 0) is 4.79 Å². The molecule has 152 valence electrons. The molecule has 1 aliphatic heterocycles. The van der Waals surface area contributed by atoms with Gasteiger partial charge in [-0.15, -0.1) is 0 Å². The Kier molecular flexibility index (Phi) is 6.97. The predicted octanol–water partition coefficient (Wildman–Crippen LogP) is 3.44. The van der Waals surface area contributed by atoms with Crippen molar-refractivity contribution < 1.29 is 14.3 Å². The minimum atomic E-state index is -0.341. The zero-order chi connectivity index (χ0) is 20.8. The Morgan fingerprint density at radius 3 is 2.38 bits per heavy atom. The summed E-state index contributed by atoms with van der Waals surface area (Å²) in [4.78, 5) is 16.4. The van der Waals surface area contributed by atoms with Crippen LogP contribution in [0.2, 0.25) is 5.02 Å². The molecule has 1 unspecified atom stereocenters. The summed E-state index contributed by atoms with van der Waals surface area (Å²) in [5, 5.41) is 10.3. The first kappa shape index (κ1) is 21.0. The lowest BCUT2D eigenvalue weighted by atomic mass is 10.1. The minimum Gasteiger partial charge on any atom is -0.497 e. The number of carbonyl (C=O) groups excluding carboxylic acids is 1. The standard InChI is InChI=1S/C22H24ClN3O3/c1-16-13-19(7-8-20(16)23)29-15-22(27)26-11-9-25(10-12-26)21(14-24)17-3-5-18(28-2)6-4-17/h3-8,13,21H,9-12,15H2,1-2H3. The molecule has 1 fully saturated rings. The third kappa shape index (κ3) is 5.20. The van der Waals surface area contributed by atoms with Gasteiger partial charge in [-0.3, -0.25) is 9.69 Å². The Hall–Kier alpha value is -2.75. The van der Waals surface area contributed by atoms with Crippen molar-refractivity contribution >= 4 is 17.5 Å². The van der Waals surface area contributed by atoms with E-state index in [1.54, 1.807) is 24.1 Å². The quantitative estimate of drug-likeness (QED) is 0.725. The van der Waals surface area contributed by atoms with Crippen LogP contribution >= 0.6 is 11.6 Å². The monoisotopic (exact) mass is 413 g/mol. The van der Waals surface area contributed by atoms with Crippen molar-refractivity contribution in [2.75, 3.05) is 39.9 Å². The molecule has 2 aromatic carbocycles. The van der Waals surface area contributed by atoms with Crippen LogP contribution in [0, 0.1) is 18.3 Å². The summed E-state index contributed by atoms with van der Waals surface area (Å²) in [5.74, 6) is 1.33. The van der Waals surface area contributed by atoms with Gasteiger partial charge in [0, 0.05) is 31.2 Å². The first-order valence-corrected chi connectivity index (χ1v) is 9.84. The van der Waals surface area contributed by atoms with Gasteiger partial charge in [-0.1, -0.05) is 23.7 Å². The van der Waals surface area contributed by atoms with Crippen LogP contribution in [0.5, 0.6) is 11.5 Å². The number of nitriles is 1. The van der Waals surface area contributed by atoms with E-state index in [1.165, 1.54) is 0 Å². The molecule has 1 saturated heterocycles. The molecule has 29 heavy (non-hydrogen) atoms. The number of benzene rings is 2. The Balaban J connectivity index is 1.52. The maximum Gasteiger partial charge on any atom is 0.260 e. The minimum absolute atomic E-state index is 0.0127. The van der Waals surface area contributed by atoms with Gasteiger partial charge in [-0.25, -0.2) is 0 Å². The molecule has 0 saturated carbocycles. The van der Waals surface area contributed by atoms with Gasteiger partial charge in [0.05, 0.1) is 13.2 Å². The van der Waals surface area contributed by atoms with Crippen molar-refractivity contribution in [2.45, 2.75) is 13.0 Å². The van der Waals surface area contributed by atoms with Crippen LogP contribution in [0.3, 0.4) is 0 Å². The fourth-order valence-electron chi connectivity index (χ4n) is 3.33. The van der Waals surface area contributed by atoms with E-state index in [1.807, 2.05) is 37.3 Å². The van der Waals surface area contributed by atoms with Gasteiger partial charge in [0.2, 0.25) is 0 Å². The predicted molar refractivity (Wildman–Crippen MR) is 111 cm³/mol. The molecule has 6 nitrogen and oxygen atoms in total. The highest BCUT2D eigenvalue weighted by Gasteiger charge is 2.27. The normalized spacial score (nSPS) is 15.4. The summed E-state index contributed by atoms with van der Waals surface area (Å²) < 4.78 is 10.8. The van der Waals surface area contributed by atoms with Crippen LogP contribution in [0.1, 0.15) is 17.2 Å². The summed E-state index contributed by atoms with van der Waals surface area (Å²) >= 11 is 6.01. The van der Waals surface area contributed by atoms with Crippen molar-refractivity contribution in [3.63, 3.8) is 0 Å². The number of hydrogen-bond donors (Lipinski definition) is 0. The molecule has 0 spiro atoms. The van der Waals surface area contributed by atoms with Crippen LogP contribution in [-0.4, -0.2) is 55.6 Å². The summed E-state index contributed by atoms with van der Waals surface area (Å²) in [7, 11) is 1.62. The van der Waals surface area contributed by atoms with Crippen LogP contribution < -0.4 is 9.47 Å². The van der Waals surface area contributed by atoms with Crippen LogP contribution in [0.25, 0.3) is 0 Å². The highest BCUT2D eigenvalue weighted by Crippen LogP contribution is 2.24. The highest BCUT2D eigenvalue weighted by atomic mass is 35.5. The lowest BCUT2D eigenvalue weighted by molar-refractivity contribution is -0.135. The van der Waals surface area contributed by atoms with Gasteiger partial charge in [-0.2, -0.15) is 5.26 Å². The molecule has 0 bridgehead atoms. The van der Waals surface area contributed by atoms with Crippen molar-refractivity contribution in [3.05, 3.63) is 58.6 Å². The molecule has 3 rings (SSSR count). The van der Waals surface area contributed by atoms with E-state index in [-0.39, 0.29) is 18.6 Å². The lowest BCUT2D eigenvalue weighted by Gasteiger charge is -2.37. The number of hydrogen-bond acceptors (Lipinski definition) is 5. The third-order valence-electron chi connectivity index (χ3n) is 5.08. The summed E-state index contributed by atoms with van der Waals surface area (Å²) in [6.45, 7) is 4.28. The van der Waals surface area contributed by atoms with E-state index in [4.69, 9.17) is 21.1 Å². The van der Waals surface area contributed by atoms with Gasteiger partial charge < -0.3 is 14.4 Å². The van der Waals surface area contributed by atoms with Crippen molar-refractivity contribution in [3.8, 4) is 17.6 Å². The van der Waals surface area contributed by atoms with E-state index in [9.17, 15) is 10.1 Å². The molecule has 1 heterocycles. The lowest BCUT2D eigenvalue weighted by Crippen LogP contribution is -2.50. The van der Waals surface area contributed by atoms with Gasteiger partial charge in [0.15, 0.2) is 6.61 Å².